The molecule has 1 atom stereocenters. The summed E-state index contributed by atoms with van der Waals surface area (Å²) in [5.74, 6) is -0.831. The van der Waals surface area contributed by atoms with Gasteiger partial charge >= 0.3 is 6.18 Å². The minimum atomic E-state index is -4.51. The number of alkyl halides is 3. The molecule has 106 valence electrons. The van der Waals surface area contributed by atoms with Crippen LogP contribution in [-0.4, -0.2) is 26.2 Å². The Morgan fingerprint density at radius 1 is 1.32 bits per heavy atom. The second-order valence-corrected chi connectivity index (χ2v) is 4.78. The predicted octanol–water partition coefficient (Wildman–Crippen LogP) is 3.03. The van der Waals surface area contributed by atoms with Gasteiger partial charge in [-0.05, 0) is 37.6 Å². The lowest BCUT2D eigenvalue weighted by Crippen LogP contribution is -2.44. The molecular weight excluding hydrogens is 260 g/mol. The van der Waals surface area contributed by atoms with Gasteiger partial charge in [-0.15, -0.1) is 0 Å². The van der Waals surface area contributed by atoms with Crippen LogP contribution in [0, 0.1) is 5.82 Å². The lowest BCUT2D eigenvalue weighted by molar-refractivity contribution is -0.137. The first-order valence-corrected chi connectivity index (χ1v) is 6.20. The molecule has 1 N–H and O–H groups in total. The molecule has 2 rings (SSSR count). The molecule has 1 saturated heterocycles. The normalized spacial score (nSPS) is 20.4. The van der Waals surface area contributed by atoms with Crippen LogP contribution < -0.4 is 10.2 Å². The van der Waals surface area contributed by atoms with Crippen LogP contribution in [0.25, 0.3) is 0 Å². The highest BCUT2D eigenvalue weighted by Crippen LogP contribution is 2.32. The molecule has 1 aliphatic heterocycles. The van der Waals surface area contributed by atoms with Crippen LogP contribution in [0.1, 0.15) is 18.4 Å². The first-order chi connectivity index (χ1) is 8.89. The minimum Gasteiger partial charge on any atom is -0.368 e. The first-order valence-electron chi connectivity index (χ1n) is 6.20. The number of anilines is 1. The number of nitrogens with one attached hydrogen (secondary N) is 1. The summed E-state index contributed by atoms with van der Waals surface area (Å²) in [5, 5.41) is 3.20. The fourth-order valence-electron chi connectivity index (χ4n) is 2.33. The summed E-state index contributed by atoms with van der Waals surface area (Å²) < 4.78 is 51.2. The van der Waals surface area contributed by atoms with Crippen molar-refractivity contribution < 1.29 is 17.6 Å². The molecule has 1 aliphatic rings. The van der Waals surface area contributed by atoms with Gasteiger partial charge in [0.05, 0.1) is 11.3 Å². The molecule has 0 aromatic heterocycles. The Hall–Kier alpha value is -1.30. The molecule has 1 fully saturated rings. The van der Waals surface area contributed by atoms with Gasteiger partial charge in [-0.1, -0.05) is 0 Å². The summed E-state index contributed by atoms with van der Waals surface area (Å²) in [4.78, 5) is 1.71. The number of benzene rings is 1. The highest BCUT2D eigenvalue weighted by Gasteiger charge is 2.31. The second kappa shape index (κ2) is 5.36. The molecule has 1 unspecified atom stereocenters. The number of nitrogens with zero attached hydrogens (tertiary/aromatic N) is 1. The van der Waals surface area contributed by atoms with Crippen molar-refractivity contribution in [1.29, 1.82) is 0 Å². The van der Waals surface area contributed by atoms with E-state index >= 15 is 0 Å². The van der Waals surface area contributed by atoms with Gasteiger partial charge in [0, 0.05) is 19.6 Å². The number of likely N-dealkylation sites (N-methyl/N-ethyl adjacent to an activating group) is 1. The zero-order chi connectivity index (χ0) is 14.0. The smallest absolute Gasteiger partial charge is 0.368 e. The fraction of sp³-hybridized carbons (Fsp3) is 0.538. The Morgan fingerprint density at radius 2 is 2.05 bits per heavy atom. The Kier molecular flexibility index (Phi) is 3.99. The fourth-order valence-corrected chi connectivity index (χ4v) is 2.33. The number of hydrogen-bond acceptors (Lipinski definition) is 2. The van der Waals surface area contributed by atoms with Crippen molar-refractivity contribution in [2.24, 2.45) is 0 Å². The quantitative estimate of drug-likeness (QED) is 0.835. The Bertz CT molecular complexity index is 439. The molecule has 1 heterocycles. The maximum Gasteiger partial charge on any atom is 0.416 e. The van der Waals surface area contributed by atoms with Crippen molar-refractivity contribution >= 4 is 5.69 Å². The summed E-state index contributed by atoms with van der Waals surface area (Å²) in [5.41, 5.74) is -0.745. The third-order valence-electron chi connectivity index (χ3n) is 3.47. The Morgan fingerprint density at radius 3 is 2.58 bits per heavy atom. The van der Waals surface area contributed by atoms with Crippen LogP contribution in [0.4, 0.5) is 23.2 Å². The lowest BCUT2D eigenvalue weighted by atomic mass is 10.1. The molecule has 0 bridgehead atoms. The molecular formula is C13H16F4N2. The van der Waals surface area contributed by atoms with Crippen molar-refractivity contribution in [1.82, 2.24) is 5.32 Å². The van der Waals surface area contributed by atoms with E-state index in [1.54, 1.807) is 11.9 Å². The number of halogens is 4. The van der Waals surface area contributed by atoms with Crippen molar-refractivity contribution in [3.8, 4) is 0 Å². The molecule has 0 saturated carbocycles. The summed E-state index contributed by atoms with van der Waals surface area (Å²) in [7, 11) is 1.71. The van der Waals surface area contributed by atoms with Crippen LogP contribution in [0.3, 0.4) is 0 Å². The van der Waals surface area contributed by atoms with E-state index in [0.717, 1.165) is 32.0 Å². The maximum absolute atomic E-state index is 13.8. The van der Waals surface area contributed by atoms with Crippen LogP contribution in [0.15, 0.2) is 18.2 Å². The summed E-state index contributed by atoms with van der Waals surface area (Å²) in [6, 6.07) is 2.79. The zero-order valence-electron chi connectivity index (χ0n) is 10.6. The van der Waals surface area contributed by atoms with Gasteiger partial charge in [-0.25, -0.2) is 4.39 Å². The van der Waals surface area contributed by atoms with Crippen molar-refractivity contribution in [3.05, 3.63) is 29.6 Å². The van der Waals surface area contributed by atoms with E-state index in [2.05, 4.69) is 5.32 Å². The average molecular weight is 276 g/mol. The standard InChI is InChI=1S/C13H16F4N2/c1-19(10-3-2-6-18-8-10)12-5-4-9(7-11(12)14)13(15,16)17/h4-5,7,10,18H,2-3,6,8H2,1H3. The highest BCUT2D eigenvalue weighted by molar-refractivity contribution is 5.50. The van der Waals surface area contributed by atoms with E-state index in [1.165, 1.54) is 6.07 Å². The summed E-state index contributed by atoms with van der Waals surface area (Å²) in [6.45, 7) is 1.65. The number of hydrogen-bond donors (Lipinski definition) is 1. The van der Waals surface area contributed by atoms with Gasteiger partial charge in [0.1, 0.15) is 5.82 Å². The molecule has 6 heteroatoms. The van der Waals surface area contributed by atoms with Crippen LogP contribution in [-0.2, 0) is 6.18 Å². The molecule has 1 aromatic rings. The monoisotopic (exact) mass is 276 g/mol. The summed E-state index contributed by atoms with van der Waals surface area (Å²) in [6.07, 6.45) is -2.62. The maximum atomic E-state index is 13.8. The average Bonchev–Trinajstić information content (AvgIpc) is 2.38. The van der Waals surface area contributed by atoms with E-state index in [4.69, 9.17) is 0 Å². The van der Waals surface area contributed by atoms with Gasteiger partial charge in [-0.2, -0.15) is 13.2 Å². The lowest BCUT2D eigenvalue weighted by Gasteiger charge is -2.33. The molecule has 0 radical (unpaired) electrons. The third-order valence-corrected chi connectivity index (χ3v) is 3.47. The van der Waals surface area contributed by atoms with Gasteiger partial charge in [0.15, 0.2) is 0 Å². The van der Waals surface area contributed by atoms with E-state index < -0.39 is 17.6 Å². The van der Waals surface area contributed by atoms with Crippen molar-refractivity contribution in [2.75, 3.05) is 25.0 Å². The van der Waals surface area contributed by atoms with Gasteiger partial charge in [0.25, 0.3) is 0 Å². The third kappa shape index (κ3) is 3.18. The van der Waals surface area contributed by atoms with Crippen LogP contribution >= 0.6 is 0 Å². The Labute approximate surface area is 109 Å². The summed E-state index contributed by atoms with van der Waals surface area (Å²) >= 11 is 0. The molecule has 0 spiro atoms. The minimum absolute atomic E-state index is 0.111. The largest absolute Gasteiger partial charge is 0.416 e. The van der Waals surface area contributed by atoms with Gasteiger partial charge < -0.3 is 10.2 Å². The van der Waals surface area contributed by atoms with E-state index in [9.17, 15) is 17.6 Å². The number of piperidine rings is 1. The predicted molar refractivity (Wildman–Crippen MR) is 65.7 cm³/mol. The van der Waals surface area contributed by atoms with E-state index in [1.807, 2.05) is 0 Å². The van der Waals surface area contributed by atoms with Crippen LogP contribution in [0.2, 0.25) is 0 Å². The van der Waals surface area contributed by atoms with Gasteiger partial charge in [-0.3, -0.25) is 0 Å². The zero-order valence-corrected chi connectivity index (χ0v) is 10.6. The second-order valence-electron chi connectivity index (χ2n) is 4.78. The first kappa shape index (κ1) is 14.1. The SMILES string of the molecule is CN(c1ccc(C(F)(F)F)cc1F)C1CCCNC1. The highest BCUT2D eigenvalue weighted by atomic mass is 19.4. The molecule has 1 aromatic carbocycles. The molecule has 2 nitrogen and oxygen atoms in total. The van der Waals surface area contributed by atoms with Crippen molar-refractivity contribution in [2.45, 2.75) is 25.1 Å². The van der Waals surface area contributed by atoms with Crippen LogP contribution in [0.5, 0.6) is 0 Å². The topological polar surface area (TPSA) is 15.3 Å². The molecule has 19 heavy (non-hydrogen) atoms. The number of rotatable bonds is 2. The Balaban J connectivity index is 2.20. The molecule has 0 aliphatic carbocycles. The van der Waals surface area contributed by atoms with Crippen molar-refractivity contribution in [3.63, 3.8) is 0 Å². The van der Waals surface area contributed by atoms with Gasteiger partial charge in [0.2, 0.25) is 0 Å². The van der Waals surface area contributed by atoms with E-state index in [-0.39, 0.29) is 11.7 Å². The molecule has 0 amide bonds. The van der Waals surface area contributed by atoms with E-state index in [0.29, 0.717) is 6.07 Å².